The van der Waals surface area contributed by atoms with Crippen molar-refractivity contribution in [3.63, 3.8) is 0 Å². The molecule has 7 heteroatoms. The highest BCUT2D eigenvalue weighted by Crippen LogP contribution is 2.26. The van der Waals surface area contributed by atoms with Crippen LogP contribution in [0.1, 0.15) is 48.9 Å². The van der Waals surface area contributed by atoms with Crippen LogP contribution in [0.15, 0.2) is 24.7 Å². The number of carbonyl (C=O) groups is 1. The summed E-state index contributed by atoms with van der Waals surface area (Å²) in [6, 6.07) is 1.70. The molecule has 1 amide bonds. The Morgan fingerprint density at radius 3 is 2.84 bits per heavy atom. The summed E-state index contributed by atoms with van der Waals surface area (Å²) in [4.78, 5) is 19.4. The Morgan fingerprint density at radius 2 is 2.00 bits per heavy atom. The van der Waals surface area contributed by atoms with Crippen LogP contribution in [0.25, 0.3) is 5.65 Å². The predicted molar refractivity (Wildman–Crippen MR) is 93.3 cm³/mol. The van der Waals surface area contributed by atoms with Crippen molar-refractivity contribution in [1.82, 2.24) is 24.8 Å². The van der Waals surface area contributed by atoms with Crippen LogP contribution in [0.3, 0.4) is 0 Å². The van der Waals surface area contributed by atoms with Crippen molar-refractivity contribution in [3.05, 3.63) is 30.2 Å². The maximum atomic E-state index is 12.7. The Morgan fingerprint density at radius 1 is 1.20 bits per heavy atom. The maximum Gasteiger partial charge on any atom is 0.257 e. The quantitative estimate of drug-likeness (QED) is 0.819. The van der Waals surface area contributed by atoms with Gasteiger partial charge in [-0.05, 0) is 44.8 Å². The van der Waals surface area contributed by atoms with E-state index in [1.807, 2.05) is 0 Å². The first-order chi connectivity index (χ1) is 12.2. The number of fused-ring (bicyclic) bond motifs is 1. The number of aliphatic hydroxyl groups is 1. The molecular weight excluding hydrogens is 318 g/mol. The predicted octanol–water partition coefficient (Wildman–Crippen LogP) is 1.23. The molecule has 0 unspecified atom stereocenters. The van der Waals surface area contributed by atoms with Gasteiger partial charge in [0.2, 0.25) is 0 Å². The zero-order valence-electron chi connectivity index (χ0n) is 14.3. The number of hydrogen-bond donors (Lipinski definition) is 2. The highest BCUT2D eigenvalue weighted by Gasteiger charge is 2.35. The first-order valence-corrected chi connectivity index (χ1v) is 9.25. The van der Waals surface area contributed by atoms with Gasteiger partial charge in [0.15, 0.2) is 5.65 Å². The average Bonchev–Trinajstić information content (AvgIpc) is 3.26. The first-order valence-electron chi connectivity index (χ1n) is 9.25. The number of nitrogens with one attached hydrogen (secondary N) is 1. The highest BCUT2D eigenvalue weighted by molar-refractivity contribution is 5.99. The molecule has 2 fully saturated rings. The molecular formula is C18H25N5O2. The molecule has 1 saturated heterocycles. The number of hydrogen-bond acceptors (Lipinski definition) is 5. The van der Waals surface area contributed by atoms with E-state index in [4.69, 9.17) is 0 Å². The van der Waals surface area contributed by atoms with Gasteiger partial charge in [-0.3, -0.25) is 9.69 Å². The molecule has 2 aliphatic rings. The summed E-state index contributed by atoms with van der Waals surface area (Å²) >= 11 is 0. The summed E-state index contributed by atoms with van der Waals surface area (Å²) < 4.78 is 1.59. The van der Waals surface area contributed by atoms with E-state index in [1.54, 1.807) is 29.2 Å². The van der Waals surface area contributed by atoms with E-state index in [9.17, 15) is 9.90 Å². The van der Waals surface area contributed by atoms with Crippen molar-refractivity contribution in [2.75, 3.05) is 13.1 Å². The van der Waals surface area contributed by atoms with Crippen molar-refractivity contribution >= 4 is 11.6 Å². The molecule has 4 rings (SSSR count). The molecule has 0 aromatic carbocycles. The van der Waals surface area contributed by atoms with Gasteiger partial charge < -0.3 is 10.4 Å². The van der Waals surface area contributed by atoms with E-state index in [-0.39, 0.29) is 18.0 Å². The van der Waals surface area contributed by atoms with Gasteiger partial charge in [0.25, 0.3) is 5.91 Å². The van der Waals surface area contributed by atoms with E-state index in [1.165, 1.54) is 12.8 Å². The van der Waals surface area contributed by atoms with Crippen LogP contribution in [0.5, 0.6) is 0 Å². The van der Waals surface area contributed by atoms with Crippen LogP contribution in [0.2, 0.25) is 0 Å². The average molecular weight is 343 g/mol. The molecule has 7 nitrogen and oxygen atoms in total. The van der Waals surface area contributed by atoms with Crippen LogP contribution in [0, 0.1) is 0 Å². The minimum atomic E-state index is -0.528. The SMILES string of the molecule is O=C(N[C@@H]1CCCC[C@@H](N2CCCC2)[C@@H]1O)c1cnn2cccnc12. The molecule has 0 bridgehead atoms. The van der Waals surface area contributed by atoms with Crippen LogP contribution in [-0.2, 0) is 0 Å². The Balaban J connectivity index is 1.51. The molecule has 2 aromatic heterocycles. The van der Waals surface area contributed by atoms with Crippen LogP contribution < -0.4 is 5.32 Å². The smallest absolute Gasteiger partial charge is 0.257 e. The lowest BCUT2D eigenvalue weighted by molar-refractivity contribution is 0.0338. The lowest BCUT2D eigenvalue weighted by atomic mass is 10.00. The first kappa shape index (κ1) is 16.5. The summed E-state index contributed by atoms with van der Waals surface area (Å²) in [5, 5.41) is 18.2. The zero-order chi connectivity index (χ0) is 17.2. The highest BCUT2D eigenvalue weighted by atomic mass is 16.3. The number of aromatic nitrogens is 3. The van der Waals surface area contributed by atoms with E-state index in [0.717, 1.165) is 38.8 Å². The van der Waals surface area contributed by atoms with E-state index in [2.05, 4.69) is 20.3 Å². The molecule has 134 valence electrons. The van der Waals surface area contributed by atoms with Gasteiger partial charge >= 0.3 is 0 Å². The van der Waals surface area contributed by atoms with Crippen LogP contribution in [-0.4, -0.2) is 61.8 Å². The maximum absolute atomic E-state index is 12.7. The molecule has 1 saturated carbocycles. The number of nitrogens with zero attached hydrogens (tertiary/aromatic N) is 4. The van der Waals surface area contributed by atoms with E-state index in [0.29, 0.717) is 11.2 Å². The Labute approximate surface area is 147 Å². The van der Waals surface area contributed by atoms with Crippen molar-refractivity contribution in [1.29, 1.82) is 0 Å². The molecule has 3 heterocycles. The van der Waals surface area contributed by atoms with Gasteiger partial charge in [0.05, 0.1) is 18.3 Å². The number of carbonyl (C=O) groups excluding carboxylic acids is 1. The summed E-state index contributed by atoms with van der Waals surface area (Å²) in [6.07, 6.45) is 10.8. The normalized spacial score (nSPS) is 28.1. The monoisotopic (exact) mass is 343 g/mol. The molecule has 1 aliphatic heterocycles. The third-order valence-electron chi connectivity index (χ3n) is 5.52. The van der Waals surface area contributed by atoms with Crippen molar-refractivity contribution < 1.29 is 9.90 Å². The van der Waals surface area contributed by atoms with Gasteiger partial charge in [0.1, 0.15) is 5.56 Å². The van der Waals surface area contributed by atoms with E-state index < -0.39 is 6.10 Å². The van der Waals surface area contributed by atoms with Gasteiger partial charge in [-0.2, -0.15) is 5.10 Å². The van der Waals surface area contributed by atoms with Gasteiger partial charge in [-0.25, -0.2) is 9.50 Å². The molecule has 0 spiro atoms. The number of amides is 1. The summed E-state index contributed by atoms with van der Waals surface area (Å²) in [5.74, 6) is -0.208. The number of rotatable bonds is 3. The fourth-order valence-electron chi connectivity index (χ4n) is 4.19. The largest absolute Gasteiger partial charge is 0.389 e. The Hall–Kier alpha value is -1.99. The standard InChI is InChI=1S/C18H25N5O2/c24-16-14(6-1-2-7-15(16)22-9-3-4-10-22)21-18(25)13-12-20-23-11-5-8-19-17(13)23/h5,8,11-12,14-16,24H,1-4,6-7,9-10H2,(H,21,25)/t14-,15-,16-/m1/s1. The van der Waals surface area contributed by atoms with Crippen molar-refractivity contribution in [2.24, 2.45) is 0 Å². The minimum Gasteiger partial charge on any atom is -0.389 e. The van der Waals surface area contributed by atoms with Crippen molar-refractivity contribution in [2.45, 2.75) is 56.7 Å². The molecule has 3 atom stereocenters. The lowest BCUT2D eigenvalue weighted by Gasteiger charge is -2.34. The third-order valence-corrected chi connectivity index (χ3v) is 5.52. The molecule has 1 aliphatic carbocycles. The fourth-order valence-corrected chi connectivity index (χ4v) is 4.19. The fraction of sp³-hybridized carbons (Fsp3) is 0.611. The molecule has 2 N–H and O–H groups in total. The van der Waals surface area contributed by atoms with Crippen LogP contribution >= 0.6 is 0 Å². The lowest BCUT2D eigenvalue weighted by Crippen LogP contribution is -2.52. The van der Waals surface area contributed by atoms with Gasteiger partial charge in [-0.1, -0.05) is 12.8 Å². The van der Waals surface area contributed by atoms with Crippen molar-refractivity contribution in [3.8, 4) is 0 Å². The molecule has 0 radical (unpaired) electrons. The minimum absolute atomic E-state index is 0.150. The summed E-state index contributed by atoms with van der Waals surface area (Å²) in [7, 11) is 0. The molecule has 2 aromatic rings. The third kappa shape index (κ3) is 3.26. The summed E-state index contributed by atoms with van der Waals surface area (Å²) in [6.45, 7) is 2.11. The Bertz CT molecular complexity index is 740. The topological polar surface area (TPSA) is 82.8 Å². The number of aliphatic hydroxyl groups excluding tert-OH is 1. The van der Waals surface area contributed by atoms with E-state index >= 15 is 0 Å². The summed E-state index contributed by atoms with van der Waals surface area (Å²) in [5.41, 5.74) is 0.994. The molecule has 25 heavy (non-hydrogen) atoms. The second kappa shape index (κ2) is 7.09. The second-order valence-electron chi connectivity index (χ2n) is 7.11. The van der Waals surface area contributed by atoms with Gasteiger partial charge in [-0.15, -0.1) is 0 Å². The second-order valence-corrected chi connectivity index (χ2v) is 7.11. The number of likely N-dealkylation sites (tertiary alicyclic amines) is 1. The Kier molecular flexibility index (Phi) is 4.67. The van der Waals surface area contributed by atoms with Crippen LogP contribution in [0.4, 0.5) is 0 Å². The zero-order valence-corrected chi connectivity index (χ0v) is 14.3. The van der Waals surface area contributed by atoms with Gasteiger partial charge in [0, 0.05) is 18.4 Å².